The minimum Gasteiger partial charge on any atom is -1.00 e. The molecule has 0 nitrogen and oxygen atoms in total. The van der Waals surface area contributed by atoms with E-state index in [-0.39, 0.29) is 60.5 Å². The number of halogens is 2. The standard InChI is InChI=1S/C12H11Si.C7H9.2ClH.Zr/c1-3-7-11(8-4-1)13-12-9-5-2-6-10-12;1-6-3-4-7(2)5-6;;;/h1-10,13H;5H,3H2,1-2H3;2*1H;/q;-1;;;+3/p-2. The first kappa shape index (κ1) is 24.8. The SMILES string of the molecule is CC1=[C-]CC(C)=C1.[Cl-].[Cl-].[Zr+3].c1ccc([SiH]c2ccccc2)cc1. The van der Waals surface area contributed by atoms with Crippen LogP contribution in [0.25, 0.3) is 0 Å². The molecule has 0 N–H and O–H groups in total. The monoisotopic (exact) mass is 436 g/mol. The molecule has 0 saturated heterocycles. The van der Waals surface area contributed by atoms with Crippen LogP contribution in [0.4, 0.5) is 0 Å². The van der Waals surface area contributed by atoms with Crippen LogP contribution < -0.4 is 35.2 Å². The molecule has 0 unspecified atom stereocenters. The molecular formula is C19H20Cl2SiZr. The van der Waals surface area contributed by atoms with E-state index in [1.54, 1.807) is 0 Å². The summed E-state index contributed by atoms with van der Waals surface area (Å²) < 4.78 is 0. The van der Waals surface area contributed by atoms with Crippen LogP contribution in [-0.4, -0.2) is 9.52 Å². The molecule has 0 bridgehead atoms. The summed E-state index contributed by atoms with van der Waals surface area (Å²) in [5.74, 6) is 0. The maximum atomic E-state index is 3.19. The average Bonchev–Trinajstić information content (AvgIpc) is 2.85. The molecule has 0 aliphatic heterocycles. The Kier molecular flexibility index (Phi) is 15.1. The first-order valence-corrected chi connectivity index (χ1v) is 8.09. The Morgan fingerprint density at radius 1 is 0.783 bits per heavy atom. The van der Waals surface area contributed by atoms with Crippen molar-refractivity contribution in [3.63, 3.8) is 0 Å². The van der Waals surface area contributed by atoms with Crippen molar-refractivity contribution in [2.75, 3.05) is 0 Å². The fourth-order valence-electron chi connectivity index (χ4n) is 2.04. The molecule has 0 amide bonds. The topological polar surface area (TPSA) is 0 Å². The predicted molar refractivity (Wildman–Crippen MR) is 90.1 cm³/mol. The summed E-state index contributed by atoms with van der Waals surface area (Å²) in [5.41, 5.74) is 2.72. The molecule has 1 aliphatic carbocycles. The van der Waals surface area contributed by atoms with E-state index in [0.717, 1.165) is 6.42 Å². The molecule has 0 saturated carbocycles. The van der Waals surface area contributed by atoms with Crippen LogP contribution in [0.3, 0.4) is 0 Å². The van der Waals surface area contributed by atoms with Crippen molar-refractivity contribution in [3.8, 4) is 0 Å². The van der Waals surface area contributed by atoms with E-state index < -0.39 is 0 Å². The van der Waals surface area contributed by atoms with E-state index in [4.69, 9.17) is 0 Å². The zero-order valence-electron chi connectivity index (χ0n) is 13.4. The number of hydrogen-bond donors (Lipinski definition) is 0. The normalized spacial score (nSPS) is 11.4. The third-order valence-corrected chi connectivity index (χ3v) is 4.48. The molecule has 0 aromatic heterocycles. The van der Waals surface area contributed by atoms with Gasteiger partial charge in [-0.1, -0.05) is 84.9 Å². The Bertz CT molecular complexity index is 558. The number of benzene rings is 2. The second kappa shape index (κ2) is 14.0. The van der Waals surface area contributed by atoms with E-state index in [1.165, 1.54) is 21.5 Å². The first-order valence-electron chi connectivity index (χ1n) is 6.93. The fraction of sp³-hybridized carbons (Fsp3) is 0.158. The Hall–Kier alpha value is -0.400. The van der Waals surface area contributed by atoms with E-state index >= 15 is 0 Å². The largest absolute Gasteiger partial charge is 3.00 e. The van der Waals surface area contributed by atoms with E-state index in [2.05, 4.69) is 86.7 Å². The molecule has 2 aromatic carbocycles. The van der Waals surface area contributed by atoms with Gasteiger partial charge in [0.25, 0.3) is 0 Å². The molecule has 0 heterocycles. The van der Waals surface area contributed by atoms with Gasteiger partial charge in [-0.15, -0.1) is 6.42 Å². The van der Waals surface area contributed by atoms with Gasteiger partial charge < -0.3 is 24.8 Å². The van der Waals surface area contributed by atoms with Crippen LogP contribution >= 0.6 is 0 Å². The zero-order valence-corrected chi connectivity index (χ0v) is 18.5. The van der Waals surface area contributed by atoms with Crippen molar-refractivity contribution in [2.45, 2.75) is 20.3 Å². The summed E-state index contributed by atoms with van der Waals surface area (Å²) in [5, 5.41) is 2.90. The van der Waals surface area contributed by atoms with Crippen LogP contribution in [0.5, 0.6) is 0 Å². The van der Waals surface area contributed by atoms with Gasteiger partial charge in [0.2, 0.25) is 0 Å². The van der Waals surface area contributed by atoms with Crippen LogP contribution in [0.1, 0.15) is 20.3 Å². The molecule has 1 aliphatic rings. The van der Waals surface area contributed by atoms with Crippen molar-refractivity contribution >= 4 is 19.9 Å². The zero-order chi connectivity index (χ0) is 14.2. The van der Waals surface area contributed by atoms with Crippen LogP contribution in [0, 0.1) is 6.08 Å². The summed E-state index contributed by atoms with van der Waals surface area (Å²) in [6, 6.07) is 21.3. The van der Waals surface area contributed by atoms with Gasteiger partial charge in [0.1, 0.15) is 9.52 Å². The molecular weight excluding hydrogens is 418 g/mol. The maximum absolute atomic E-state index is 3.19. The Labute approximate surface area is 174 Å². The predicted octanol–water partition coefficient (Wildman–Crippen LogP) is -2.83. The van der Waals surface area contributed by atoms with E-state index in [1.807, 2.05) is 0 Å². The van der Waals surface area contributed by atoms with Crippen molar-refractivity contribution < 1.29 is 51.0 Å². The molecule has 0 atom stereocenters. The van der Waals surface area contributed by atoms with Crippen LogP contribution in [0.15, 0.2) is 77.9 Å². The minimum absolute atomic E-state index is 0. The summed E-state index contributed by atoms with van der Waals surface area (Å²) in [4.78, 5) is 0. The molecule has 118 valence electrons. The first-order chi connectivity index (χ1) is 9.74. The Morgan fingerprint density at radius 2 is 1.22 bits per heavy atom. The second-order valence-electron chi connectivity index (χ2n) is 4.99. The molecule has 2 aromatic rings. The molecule has 2 radical (unpaired) electrons. The summed E-state index contributed by atoms with van der Waals surface area (Å²) >= 11 is 0. The van der Waals surface area contributed by atoms with Gasteiger partial charge in [-0.05, 0) is 0 Å². The van der Waals surface area contributed by atoms with E-state index in [9.17, 15) is 0 Å². The Balaban J connectivity index is 0. The van der Waals surface area contributed by atoms with Gasteiger partial charge >= 0.3 is 26.2 Å². The number of hydrogen-bond acceptors (Lipinski definition) is 0. The fourth-order valence-corrected chi connectivity index (χ4v) is 3.26. The third kappa shape index (κ3) is 10.1. The Morgan fingerprint density at radius 3 is 1.48 bits per heavy atom. The van der Waals surface area contributed by atoms with Gasteiger partial charge in [-0.3, -0.25) is 6.08 Å². The van der Waals surface area contributed by atoms with Crippen molar-refractivity contribution in [1.82, 2.24) is 0 Å². The van der Waals surface area contributed by atoms with Gasteiger partial charge in [0, 0.05) is 0 Å². The average molecular weight is 439 g/mol. The molecule has 4 heteroatoms. The van der Waals surface area contributed by atoms with Gasteiger partial charge in [0.15, 0.2) is 0 Å². The minimum atomic E-state index is 0. The number of rotatable bonds is 2. The van der Waals surface area contributed by atoms with Crippen molar-refractivity contribution in [2.24, 2.45) is 0 Å². The van der Waals surface area contributed by atoms with E-state index in [0.29, 0.717) is 0 Å². The smallest absolute Gasteiger partial charge is 1.00 e. The van der Waals surface area contributed by atoms with Gasteiger partial charge in [-0.2, -0.15) is 5.57 Å². The van der Waals surface area contributed by atoms with Crippen LogP contribution in [0.2, 0.25) is 0 Å². The molecule has 23 heavy (non-hydrogen) atoms. The second-order valence-corrected chi connectivity index (χ2v) is 6.61. The molecule has 0 spiro atoms. The summed E-state index contributed by atoms with van der Waals surface area (Å²) in [7, 11) is 0.271. The third-order valence-electron chi connectivity index (χ3n) is 3.04. The molecule has 0 fully saturated rings. The quantitative estimate of drug-likeness (QED) is 0.350. The van der Waals surface area contributed by atoms with Crippen LogP contribution in [-0.2, 0) is 26.2 Å². The maximum Gasteiger partial charge on any atom is 3.00 e. The van der Waals surface area contributed by atoms with Gasteiger partial charge in [0.05, 0.1) is 0 Å². The summed E-state index contributed by atoms with van der Waals surface area (Å²) in [6.45, 7) is 4.21. The number of allylic oxidation sites excluding steroid dienone is 4. The van der Waals surface area contributed by atoms with Crippen molar-refractivity contribution in [1.29, 1.82) is 0 Å². The van der Waals surface area contributed by atoms with Crippen molar-refractivity contribution in [3.05, 3.63) is 84.0 Å². The summed E-state index contributed by atoms with van der Waals surface area (Å²) in [6.07, 6.45) is 6.41. The molecule has 3 rings (SSSR count). The van der Waals surface area contributed by atoms with Gasteiger partial charge in [-0.25, -0.2) is 11.6 Å².